The zero-order valence-corrected chi connectivity index (χ0v) is 17.3. The van der Waals surface area contributed by atoms with Crippen LogP contribution in [0.3, 0.4) is 0 Å². The molecule has 0 aliphatic heterocycles. The summed E-state index contributed by atoms with van der Waals surface area (Å²) in [6, 6.07) is 19.1. The summed E-state index contributed by atoms with van der Waals surface area (Å²) < 4.78 is 27.5. The fourth-order valence-electron chi connectivity index (χ4n) is 2.82. The van der Waals surface area contributed by atoms with Crippen LogP contribution in [-0.4, -0.2) is 27.3 Å². The van der Waals surface area contributed by atoms with E-state index in [1.165, 1.54) is 18.2 Å². The molecule has 3 rings (SSSR count). The van der Waals surface area contributed by atoms with E-state index in [0.29, 0.717) is 11.3 Å². The number of hydrogen-bond donors (Lipinski definition) is 3. The Bertz CT molecular complexity index is 1190. The molecule has 2 amide bonds. The Kier molecular flexibility index (Phi) is 6.17. The standard InChI is InChI=1S/C22H21N3O4S/c1-15-13-17(21(26)23-2)11-12-20(15)24-22(27)16-7-6-8-18(14-16)25-30(28,29)19-9-4-3-5-10-19/h3-14,25H,1-2H3,(H,23,26)(H,24,27). The van der Waals surface area contributed by atoms with E-state index in [-0.39, 0.29) is 22.1 Å². The van der Waals surface area contributed by atoms with Gasteiger partial charge in [-0.2, -0.15) is 0 Å². The number of nitrogens with one attached hydrogen (secondary N) is 3. The van der Waals surface area contributed by atoms with Crippen LogP contribution in [0.25, 0.3) is 0 Å². The molecule has 3 N–H and O–H groups in total. The number of amides is 2. The predicted molar refractivity (Wildman–Crippen MR) is 116 cm³/mol. The molecule has 0 unspecified atom stereocenters. The maximum Gasteiger partial charge on any atom is 0.261 e. The van der Waals surface area contributed by atoms with E-state index in [0.717, 1.165) is 5.56 Å². The van der Waals surface area contributed by atoms with Crippen LogP contribution in [0.4, 0.5) is 11.4 Å². The van der Waals surface area contributed by atoms with E-state index >= 15 is 0 Å². The van der Waals surface area contributed by atoms with Gasteiger partial charge in [0.25, 0.3) is 21.8 Å². The third-order valence-electron chi connectivity index (χ3n) is 4.39. The number of aryl methyl sites for hydroxylation is 1. The fourth-order valence-corrected chi connectivity index (χ4v) is 3.89. The monoisotopic (exact) mass is 423 g/mol. The zero-order chi connectivity index (χ0) is 21.7. The molecule has 7 nitrogen and oxygen atoms in total. The molecule has 0 radical (unpaired) electrons. The average molecular weight is 423 g/mol. The first kappa shape index (κ1) is 21.1. The summed E-state index contributed by atoms with van der Waals surface area (Å²) in [5, 5.41) is 5.33. The van der Waals surface area contributed by atoms with Gasteiger partial charge in [0.1, 0.15) is 0 Å². The Morgan fingerprint density at radius 3 is 2.17 bits per heavy atom. The molecule has 0 aromatic heterocycles. The van der Waals surface area contributed by atoms with Crippen molar-refractivity contribution in [3.05, 3.63) is 89.5 Å². The van der Waals surface area contributed by atoms with Crippen LogP contribution < -0.4 is 15.4 Å². The van der Waals surface area contributed by atoms with Crippen LogP contribution in [0.5, 0.6) is 0 Å². The second-order valence-electron chi connectivity index (χ2n) is 6.56. The van der Waals surface area contributed by atoms with Crippen molar-refractivity contribution in [1.29, 1.82) is 0 Å². The summed E-state index contributed by atoms with van der Waals surface area (Å²) in [5.41, 5.74) is 2.34. The summed E-state index contributed by atoms with van der Waals surface area (Å²) in [5.74, 6) is -0.610. The molecule has 3 aromatic rings. The second-order valence-corrected chi connectivity index (χ2v) is 8.24. The summed E-state index contributed by atoms with van der Waals surface area (Å²) in [4.78, 5) is 24.5. The minimum absolute atomic E-state index is 0.131. The maximum absolute atomic E-state index is 12.7. The van der Waals surface area contributed by atoms with Crippen molar-refractivity contribution >= 4 is 33.2 Å². The van der Waals surface area contributed by atoms with Crippen molar-refractivity contribution < 1.29 is 18.0 Å². The highest BCUT2D eigenvalue weighted by atomic mass is 32.2. The number of rotatable bonds is 6. The molecule has 30 heavy (non-hydrogen) atoms. The van der Waals surface area contributed by atoms with Gasteiger partial charge in [-0.05, 0) is 61.0 Å². The highest BCUT2D eigenvalue weighted by Gasteiger charge is 2.15. The van der Waals surface area contributed by atoms with Crippen LogP contribution in [0.15, 0.2) is 77.7 Å². The molecule has 3 aromatic carbocycles. The molecule has 0 aliphatic carbocycles. The molecule has 154 valence electrons. The lowest BCUT2D eigenvalue weighted by molar-refractivity contribution is 0.0962. The molecule has 0 saturated heterocycles. The molecule has 0 saturated carbocycles. The number of hydrogen-bond acceptors (Lipinski definition) is 4. The molecule has 0 aliphatic rings. The minimum atomic E-state index is -3.76. The van der Waals surface area contributed by atoms with Crippen molar-refractivity contribution in [3.8, 4) is 0 Å². The van der Waals surface area contributed by atoms with Crippen molar-refractivity contribution in [1.82, 2.24) is 5.32 Å². The molecule has 0 bridgehead atoms. The molecular weight excluding hydrogens is 402 g/mol. The predicted octanol–water partition coefficient (Wildman–Crippen LogP) is 3.41. The highest BCUT2D eigenvalue weighted by Crippen LogP contribution is 2.20. The lowest BCUT2D eigenvalue weighted by atomic mass is 10.1. The fraction of sp³-hybridized carbons (Fsp3) is 0.0909. The van der Waals surface area contributed by atoms with Gasteiger partial charge in [0.2, 0.25) is 0 Å². The van der Waals surface area contributed by atoms with Crippen LogP contribution in [0, 0.1) is 6.92 Å². The minimum Gasteiger partial charge on any atom is -0.355 e. The summed E-state index contributed by atoms with van der Waals surface area (Å²) in [6.07, 6.45) is 0. The first-order valence-electron chi connectivity index (χ1n) is 9.12. The molecule has 0 fully saturated rings. The molecule has 8 heteroatoms. The van der Waals surface area contributed by atoms with Crippen LogP contribution >= 0.6 is 0 Å². The Labute approximate surface area is 175 Å². The summed E-state index contributed by atoms with van der Waals surface area (Å²) in [6.45, 7) is 1.78. The van der Waals surface area contributed by atoms with E-state index in [9.17, 15) is 18.0 Å². The first-order valence-corrected chi connectivity index (χ1v) is 10.6. The van der Waals surface area contributed by atoms with E-state index in [1.54, 1.807) is 68.6 Å². The van der Waals surface area contributed by atoms with E-state index in [1.807, 2.05) is 0 Å². The van der Waals surface area contributed by atoms with Gasteiger partial charge < -0.3 is 10.6 Å². The topological polar surface area (TPSA) is 104 Å². The van der Waals surface area contributed by atoms with Crippen molar-refractivity contribution in [3.63, 3.8) is 0 Å². The van der Waals surface area contributed by atoms with E-state index < -0.39 is 15.9 Å². The number of carbonyl (C=O) groups is 2. The van der Waals surface area contributed by atoms with E-state index in [2.05, 4.69) is 15.4 Å². The Morgan fingerprint density at radius 1 is 0.800 bits per heavy atom. The third-order valence-corrected chi connectivity index (χ3v) is 5.79. The molecule has 0 atom stereocenters. The van der Waals surface area contributed by atoms with Crippen molar-refractivity contribution in [2.24, 2.45) is 0 Å². The van der Waals surface area contributed by atoms with Gasteiger partial charge in [0.15, 0.2) is 0 Å². The average Bonchev–Trinajstić information content (AvgIpc) is 2.75. The Hall–Kier alpha value is -3.65. The van der Waals surface area contributed by atoms with Gasteiger partial charge in [-0.15, -0.1) is 0 Å². The normalized spacial score (nSPS) is 10.9. The van der Waals surface area contributed by atoms with Crippen LogP contribution in [0.2, 0.25) is 0 Å². The van der Waals surface area contributed by atoms with Gasteiger partial charge in [0.05, 0.1) is 4.90 Å². The molecule has 0 spiro atoms. The smallest absolute Gasteiger partial charge is 0.261 e. The first-order chi connectivity index (χ1) is 14.3. The third kappa shape index (κ3) is 4.84. The second kappa shape index (κ2) is 8.79. The van der Waals surface area contributed by atoms with Gasteiger partial charge in [-0.25, -0.2) is 8.42 Å². The van der Waals surface area contributed by atoms with Gasteiger partial charge in [-0.1, -0.05) is 24.3 Å². The molecular formula is C22H21N3O4S. The lowest BCUT2D eigenvalue weighted by Gasteiger charge is -2.12. The van der Waals surface area contributed by atoms with Crippen LogP contribution in [-0.2, 0) is 10.0 Å². The van der Waals surface area contributed by atoms with E-state index in [4.69, 9.17) is 0 Å². The van der Waals surface area contributed by atoms with Crippen molar-refractivity contribution in [2.45, 2.75) is 11.8 Å². The van der Waals surface area contributed by atoms with Gasteiger partial charge in [0, 0.05) is 29.5 Å². The van der Waals surface area contributed by atoms with Crippen molar-refractivity contribution in [2.75, 3.05) is 17.1 Å². The lowest BCUT2D eigenvalue weighted by Crippen LogP contribution is -2.18. The largest absolute Gasteiger partial charge is 0.355 e. The van der Waals surface area contributed by atoms with Crippen LogP contribution in [0.1, 0.15) is 26.3 Å². The SMILES string of the molecule is CNC(=O)c1ccc(NC(=O)c2cccc(NS(=O)(=O)c3ccccc3)c2)c(C)c1. The molecule has 0 heterocycles. The van der Waals surface area contributed by atoms with Gasteiger partial charge in [-0.3, -0.25) is 14.3 Å². The Balaban J connectivity index is 1.78. The van der Waals surface area contributed by atoms with Gasteiger partial charge >= 0.3 is 0 Å². The number of anilines is 2. The summed E-state index contributed by atoms with van der Waals surface area (Å²) >= 11 is 0. The maximum atomic E-state index is 12.7. The zero-order valence-electron chi connectivity index (χ0n) is 16.5. The number of sulfonamides is 1. The summed E-state index contributed by atoms with van der Waals surface area (Å²) in [7, 11) is -2.21. The Morgan fingerprint density at radius 2 is 1.50 bits per heavy atom. The number of carbonyl (C=O) groups excluding carboxylic acids is 2. The quantitative estimate of drug-likeness (QED) is 0.565. The number of benzene rings is 3. The highest BCUT2D eigenvalue weighted by molar-refractivity contribution is 7.92.